The van der Waals surface area contributed by atoms with E-state index >= 15 is 0 Å². The zero-order chi connectivity index (χ0) is 37.6. The maximum absolute atomic E-state index is 12.7. The van der Waals surface area contributed by atoms with Gasteiger partial charge in [-0.2, -0.15) is 15.2 Å². The topological polar surface area (TPSA) is 115 Å². The molecule has 0 unspecified atom stereocenters. The van der Waals surface area contributed by atoms with Gasteiger partial charge in [0, 0.05) is 59.0 Å². The Labute approximate surface area is 334 Å². The summed E-state index contributed by atoms with van der Waals surface area (Å²) in [4.78, 5) is 43.9. The van der Waals surface area contributed by atoms with E-state index in [-0.39, 0.29) is 30.4 Å². The van der Waals surface area contributed by atoms with Gasteiger partial charge in [-0.1, -0.05) is 48.5 Å². The second kappa shape index (κ2) is 17.3. The number of carbonyl (C=O) groups excluding carboxylic acids is 2. The number of amides is 1. The van der Waals surface area contributed by atoms with Crippen molar-refractivity contribution in [2.75, 3.05) is 62.3 Å². The van der Waals surface area contributed by atoms with Crippen molar-refractivity contribution in [3.63, 3.8) is 0 Å². The molecule has 2 saturated heterocycles. The number of hydrogen-bond acceptors (Lipinski definition) is 10. The van der Waals surface area contributed by atoms with Crippen LogP contribution in [0, 0.1) is 14.9 Å². The second-order valence-corrected chi connectivity index (χ2v) is 15.5. The number of anilines is 2. The van der Waals surface area contributed by atoms with E-state index in [0.29, 0.717) is 62.4 Å². The molecule has 0 radical (unpaired) electrons. The minimum absolute atomic E-state index is 0.168. The molecule has 2 fully saturated rings. The number of hydrogen-bond donors (Lipinski definition) is 0. The van der Waals surface area contributed by atoms with Crippen LogP contribution in [0.4, 0.5) is 11.5 Å². The molecule has 1 amide bonds. The van der Waals surface area contributed by atoms with Gasteiger partial charge in [-0.15, -0.1) is 0 Å². The number of aromatic nitrogens is 2. The number of esters is 1. The van der Waals surface area contributed by atoms with E-state index < -0.39 is 0 Å². The molecule has 11 nitrogen and oxygen atoms in total. The largest absolute Gasteiger partial charge is 0.462 e. The summed E-state index contributed by atoms with van der Waals surface area (Å²) in [5.41, 5.74) is 3.58. The molecule has 280 valence electrons. The molecule has 54 heavy (non-hydrogen) atoms. The van der Waals surface area contributed by atoms with E-state index in [4.69, 9.17) is 31.0 Å². The van der Waals surface area contributed by atoms with Gasteiger partial charge in [0.1, 0.15) is 12.4 Å². The fraction of sp³-hybridized carbons (Fsp3) is 0.390. The van der Waals surface area contributed by atoms with Crippen molar-refractivity contribution < 1.29 is 19.1 Å². The van der Waals surface area contributed by atoms with Crippen LogP contribution in [0.15, 0.2) is 73.3 Å². The summed E-state index contributed by atoms with van der Waals surface area (Å²) in [6, 6.07) is 22.1. The van der Waals surface area contributed by atoms with Crippen molar-refractivity contribution in [2.45, 2.75) is 50.7 Å². The Balaban J connectivity index is 1.09. The van der Waals surface area contributed by atoms with Gasteiger partial charge in [-0.25, -0.2) is 4.79 Å². The van der Waals surface area contributed by atoms with E-state index in [0.717, 1.165) is 76.0 Å². The predicted molar refractivity (Wildman–Crippen MR) is 218 cm³/mol. The Morgan fingerprint density at radius 1 is 1.04 bits per heavy atom. The van der Waals surface area contributed by atoms with Crippen LogP contribution >= 0.6 is 34.2 Å². The number of carbonyl (C=O) groups is 2. The highest BCUT2D eigenvalue weighted by atomic mass is 127. The van der Waals surface area contributed by atoms with Crippen molar-refractivity contribution in [1.82, 2.24) is 19.8 Å². The summed E-state index contributed by atoms with van der Waals surface area (Å²) in [6.45, 7) is 9.01. The van der Waals surface area contributed by atoms with Crippen LogP contribution in [-0.4, -0.2) is 96.2 Å². The third-order valence-corrected chi connectivity index (χ3v) is 11.5. The zero-order valence-corrected chi connectivity index (χ0v) is 33.0. The molecule has 2 atom stereocenters. The SMILES string of the molecule is C=CC(=O)N1CCN(c2nc(OC[C@@H]3CCCN3CCCOC(=O)c3cccc(I)c3)nc3c2CCN(c2cccc4cccc(Cl)c24)C3)C[C@@H]1CC#N. The van der Waals surface area contributed by atoms with Crippen LogP contribution in [0.5, 0.6) is 6.01 Å². The van der Waals surface area contributed by atoms with Crippen LogP contribution in [0.2, 0.25) is 5.02 Å². The maximum Gasteiger partial charge on any atom is 0.338 e. The lowest BCUT2D eigenvalue weighted by atomic mass is 10.0. The summed E-state index contributed by atoms with van der Waals surface area (Å²) >= 11 is 8.95. The molecule has 0 saturated carbocycles. The van der Waals surface area contributed by atoms with Gasteiger partial charge in [0.15, 0.2) is 0 Å². The average Bonchev–Trinajstić information content (AvgIpc) is 3.65. The smallest absolute Gasteiger partial charge is 0.338 e. The van der Waals surface area contributed by atoms with Gasteiger partial charge < -0.3 is 24.2 Å². The molecular formula is C41H43ClIN7O4. The quantitative estimate of drug-likeness (QED) is 0.0664. The van der Waals surface area contributed by atoms with Gasteiger partial charge in [0.25, 0.3) is 0 Å². The van der Waals surface area contributed by atoms with Crippen LogP contribution in [0.3, 0.4) is 0 Å². The molecule has 0 spiro atoms. The number of benzene rings is 3. The summed E-state index contributed by atoms with van der Waals surface area (Å²) in [7, 11) is 0. The number of nitrogens with zero attached hydrogens (tertiary/aromatic N) is 7. The van der Waals surface area contributed by atoms with E-state index in [1.165, 1.54) is 6.08 Å². The highest BCUT2D eigenvalue weighted by molar-refractivity contribution is 14.1. The lowest BCUT2D eigenvalue weighted by molar-refractivity contribution is -0.128. The van der Waals surface area contributed by atoms with E-state index in [1.807, 2.05) is 30.3 Å². The first-order chi connectivity index (χ1) is 26.3. The van der Waals surface area contributed by atoms with Crippen molar-refractivity contribution >= 4 is 68.3 Å². The lowest BCUT2D eigenvalue weighted by Gasteiger charge is -2.42. The third-order valence-electron chi connectivity index (χ3n) is 10.5. The first-order valence-electron chi connectivity index (χ1n) is 18.5. The van der Waals surface area contributed by atoms with Gasteiger partial charge in [0.2, 0.25) is 5.91 Å². The van der Waals surface area contributed by atoms with E-state index in [1.54, 1.807) is 11.0 Å². The number of ether oxygens (including phenoxy) is 2. The highest BCUT2D eigenvalue weighted by Crippen LogP contribution is 2.37. The monoisotopic (exact) mass is 859 g/mol. The Morgan fingerprint density at radius 2 is 1.87 bits per heavy atom. The van der Waals surface area contributed by atoms with Gasteiger partial charge in [-0.3, -0.25) is 9.69 Å². The van der Waals surface area contributed by atoms with Crippen molar-refractivity contribution in [3.05, 3.63) is 98.7 Å². The van der Waals surface area contributed by atoms with Gasteiger partial charge >= 0.3 is 12.0 Å². The average molecular weight is 860 g/mol. The Bertz CT molecular complexity index is 2070. The maximum atomic E-state index is 12.7. The number of fused-ring (bicyclic) bond motifs is 2. The van der Waals surface area contributed by atoms with E-state index in [2.05, 4.69) is 74.2 Å². The minimum atomic E-state index is -0.301. The predicted octanol–water partition coefficient (Wildman–Crippen LogP) is 6.66. The molecule has 3 aliphatic heterocycles. The van der Waals surface area contributed by atoms with Crippen LogP contribution < -0.4 is 14.5 Å². The second-order valence-electron chi connectivity index (χ2n) is 13.9. The molecule has 3 aromatic carbocycles. The van der Waals surface area contributed by atoms with Crippen LogP contribution in [-0.2, 0) is 22.5 Å². The van der Waals surface area contributed by atoms with Crippen molar-refractivity contribution in [3.8, 4) is 12.1 Å². The molecule has 7 rings (SSSR count). The van der Waals surface area contributed by atoms with Gasteiger partial charge in [-0.05, 0) is 96.6 Å². The van der Waals surface area contributed by atoms with Crippen molar-refractivity contribution in [2.24, 2.45) is 0 Å². The number of likely N-dealkylation sites (tertiary alicyclic amines) is 1. The number of rotatable bonds is 12. The summed E-state index contributed by atoms with van der Waals surface area (Å²) in [5, 5.41) is 12.5. The standard InChI is InChI=1S/C41H43ClIN7O4/c1-2-37(51)50-22-21-49(25-31(50)15-17-44)39-33-16-20-48(36-14-5-9-28-8-4-13-34(42)38(28)36)26-35(33)45-41(46-39)54-27-32-12-6-18-47(32)19-7-23-53-40(52)29-10-3-11-30(43)24-29/h2-5,8-11,13-14,24,31-32H,1,6-7,12,15-16,18-23,25-27H2/t31-,32-/m0/s1. The fourth-order valence-corrected chi connectivity index (χ4v) is 8.70. The third kappa shape index (κ3) is 8.43. The Kier molecular flexibility index (Phi) is 12.2. The normalized spacial score (nSPS) is 18.6. The summed E-state index contributed by atoms with van der Waals surface area (Å²) in [6.07, 6.45) is 5.02. The number of piperazine rings is 1. The molecule has 1 aromatic heterocycles. The Morgan fingerprint density at radius 3 is 2.69 bits per heavy atom. The van der Waals surface area contributed by atoms with Crippen molar-refractivity contribution in [1.29, 1.82) is 5.26 Å². The molecule has 4 aromatic rings. The van der Waals surface area contributed by atoms with Crippen LogP contribution in [0.1, 0.15) is 47.3 Å². The van der Waals surface area contributed by atoms with Crippen LogP contribution in [0.25, 0.3) is 10.8 Å². The zero-order valence-electron chi connectivity index (χ0n) is 30.1. The highest BCUT2D eigenvalue weighted by Gasteiger charge is 2.34. The number of nitriles is 1. The first-order valence-corrected chi connectivity index (χ1v) is 19.9. The fourth-order valence-electron chi connectivity index (χ4n) is 7.88. The molecule has 0 N–H and O–H groups in total. The summed E-state index contributed by atoms with van der Waals surface area (Å²) < 4.78 is 13.0. The molecule has 4 heterocycles. The minimum Gasteiger partial charge on any atom is -0.462 e. The Hall–Kier alpha value is -4.45. The molecule has 13 heteroatoms. The lowest BCUT2D eigenvalue weighted by Crippen LogP contribution is -2.55. The molecular weight excluding hydrogens is 817 g/mol. The molecule has 0 bridgehead atoms. The number of halogens is 2. The first kappa shape index (κ1) is 37.8. The van der Waals surface area contributed by atoms with Gasteiger partial charge in [0.05, 0.1) is 48.0 Å². The summed E-state index contributed by atoms with van der Waals surface area (Å²) in [5.74, 6) is 0.334. The molecule has 0 aliphatic carbocycles. The molecule has 3 aliphatic rings. The van der Waals surface area contributed by atoms with E-state index in [9.17, 15) is 14.9 Å².